The molecule has 2 heterocycles. The van der Waals surface area contributed by atoms with Crippen LogP contribution in [0.25, 0.3) is 0 Å². The second-order valence-electron chi connectivity index (χ2n) is 10.7. The number of carbonyl (C=O) groups is 1. The van der Waals surface area contributed by atoms with Gasteiger partial charge in [-0.3, -0.25) is 9.36 Å². The molecule has 234 valence electrons. The van der Waals surface area contributed by atoms with E-state index in [1.165, 1.54) is 16.8 Å². The van der Waals surface area contributed by atoms with Gasteiger partial charge in [-0.2, -0.15) is 4.98 Å². The quantitative estimate of drug-likeness (QED) is 0.214. The molecule has 46 heavy (non-hydrogen) atoms. The van der Waals surface area contributed by atoms with E-state index in [0.717, 1.165) is 16.7 Å². The molecule has 2 N–H and O–H groups in total. The molecule has 10 heteroatoms. The molecule has 0 spiro atoms. The van der Waals surface area contributed by atoms with Gasteiger partial charge in [0.05, 0.1) is 20.8 Å². The average Bonchev–Trinajstić information content (AvgIpc) is 3.46. The molecule has 0 saturated carbocycles. The molecule has 0 aliphatic carbocycles. The molecular formula is C36H33N3O7. The van der Waals surface area contributed by atoms with Crippen LogP contribution in [0, 0.1) is 0 Å². The molecule has 3 atom stereocenters. The van der Waals surface area contributed by atoms with Gasteiger partial charge in [0.1, 0.15) is 35.1 Å². The Morgan fingerprint density at radius 2 is 1.37 bits per heavy atom. The summed E-state index contributed by atoms with van der Waals surface area (Å²) in [7, 11) is 3.21. The number of amides is 1. The molecule has 0 bridgehead atoms. The van der Waals surface area contributed by atoms with Gasteiger partial charge < -0.3 is 29.4 Å². The lowest BCUT2D eigenvalue weighted by Crippen LogP contribution is -2.42. The van der Waals surface area contributed by atoms with Crippen LogP contribution in [-0.2, 0) is 15.1 Å². The van der Waals surface area contributed by atoms with Crippen molar-refractivity contribution in [3.8, 4) is 11.5 Å². The van der Waals surface area contributed by atoms with Crippen LogP contribution in [0.5, 0.6) is 11.5 Å². The van der Waals surface area contributed by atoms with Crippen molar-refractivity contribution in [3.63, 3.8) is 0 Å². The molecular weight excluding hydrogens is 586 g/mol. The second kappa shape index (κ2) is 13.4. The van der Waals surface area contributed by atoms with Gasteiger partial charge in [-0.05, 0) is 59.2 Å². The van der Waals surface area contributed by atoms with E-state index in [-0.39, 0.29) is 12.4 Å². The lowest BCUT2D eigenvalue weighted by Gasteiger charge is -2.38. The van der Waals surface area contributed by atoms with Crippen LogP contribution in [-0.4, -0.2) is 53.6 Å². The fourth-order valence-electron chi connectivity index (χ4n) is 5.63. The molecule has 1 amide bonds. The van der Waals surface area contributed by atoms with Gasteiger partial charge in [-0.25, -0.2) is 4.79 Å². The van der Waals surface area contributed by atoms with Gasteiger partial charge in [-0.15, -0.1) is 0 Å². The Morgan fingerprint density at radius 3 is 1.91 bits per heavy atom. The number of aliphatic hydroxyl groups is 1. The van der Waals surface area contributed by atoms with Gasteiger partial charge in [0.25, 0.3) is 5.91 Å². The number of ether oxygens (including phenoxy) is 4. The van der Waals surface area contributed by atoms with Gasteiger partial charge in [0, 0.05) is 11.8 Å². The highest BCUT2D eigenvalue weighted by Crippen LogP contribution is 2.44. The van der Waals surface area contributed by atoms with E-state index in [0.29, 0.717) is 17.1 Å². The maximum atomic E-state index is 13.1. The largest absolute Gasteiger partial charge is 0.497 e. The van der Waals surface area contributed by atoms with E-state index < -0.39 is 35.6 Å². The highest BCUT2D eigenvalue weighted by atomic mass is 16.6. The minimum Gasteiger partial charge on any atom is -0.497 e. The summed E-state index contributed by atoms with van der Waals surface area (Å²) in [6.45, 7) is -0.00827. The molecule has 0 unspecified atom stereocenters. The lowest BCUT2D eigenvalue weighted by molar-refractivity contribution is -0.0904. The zero-order valence-corrected chi connectivity index (χ0v) is 25.3. The Bertz CT molecular complexity index is 1780. The maximum Gasteiger partial charge on any atom is 0.351 e. The normalized spacial score (nSPS) is 17.8. The van der Waals surface area contributed by atoms with Gasteiger partial charge in [-0.1, -0.05) is 72.8 Å². The van der Waals surface area contributed by atoms with Crippen LogP contribution in [0.3, 0.4) is 0 Å². The number of hydrogen-bond acceptors (Lipinski definition) is 8. The van der Waals surface area contributed by atoms with Crippen molar-refractivity contribution in [2.45, 2.75) is 24.0 Å². The zero-order chi connectivity index (χ0) is 32.1. The van der Waals surface area contributed by atoms with Crippen LogP contribution in [0.4, 0.5) is 5.82 Å². The number of anilines is 1. The SMILES string of the molecule is COc1ccc(C(O[C@H]2CO[C@@H](n3ccc(NC(=O)c4ccccc4)nc3=O)[C@@H]2O)(c2ccccc2)c2ccc(OC)cc2)cc1. The summed E-state index contributed by atoms with van der Waals surface area (Å²) in [5.41, 5.74) is 0.931. The summed E-state index contributed by atoms with van der Waals surface area (Å²) in [4.78, 5) is 29.7. The first-order valence-electron chi connectivity index (χ1n) is 14.7. The predicted molar refractivity (Wildman–Crippen MR) is 171 cm³/mol. The number of rotatable bonds is 10. The third-order valence-corrected chi connectivity index (χ3v) is 7.99. The van der Waals surface area contributed by atoms with Gasteiger partial charge in [0.2, 0.25) is 0 Å². The first-order valence-corrected chi connectivity index (χ1v) is 14.7. The van der Waals surface area contributed by atoms with E-state index in [1.807, 2.05) is 78.9 Å². The van der Waals surface area contributed by atoms with E-state index in [2.05, 4.69) is 10.3 Å². The molecule has 6 rings (SSSR count). The Balaban J connectivity index is 1.33. The minimum atomic E-state index is -1.25. The molecule has 1 aromatic heterocycles. The Morgan fingerprint density at radius 1 is 0.826 bits per heavy atom. The van der Waals surface area contributed by atoms with Crippen LogP contribution >= 0.6 is 0 Å². The second-order valence-corrected chi connectivity index (χ2v) is 10.7. The molecule has 4 aromatic carbocycles. The minimum absolute atomic E-state index is 0.00827. The van der Waals surface area contributed by atoms with E-state index in [4.69, 9.17) is 18.9 Å². The predicted octanol–water partition coefficient (Wildman–Crippen LogP) is 4.78. The first-order chi connectivity index (χ1) is 22.4. The number of aliphatic hydroxyl groups excluding tert-OH is 1. The van der Waals surface area contributed by atoms with Gasteiger partial charge in [0.15, 0.2) is 6.23 Å². The van der Waals surface area contributed by atoms with Crippen molar-refractivity contribution in [3.05, 3.63) is 154 Å². The summed E-state index contributed by atoms with van der Waals surface area (Å²) >= 11 is 0. The third kappa shape index (κ3) is 6.01. The van der Waals surface area contributed by atoms with Crippen molar-refractivity contribution < 1.29 is 28.8 Å². The Kier molecular flexibility index (Phi) is 8.93. The number of carbonyl (C=O) groups excluding carboxylic acids is 1. The molecule has 10 nitrogen and oxygen atoms in total. The van der Waals surface area contributed by atoms with Crippen molar-refractivity contribution in [1.82, 2.24) is 9.55 Å². The smallest absolute Gasteiger partial charge is 0.351 e. The van der Waals surface area contributed by atoms with Crippen molar-refractivity contribution in [1.29, 1.82) is 0 Å². The highest BCUT2D eigenvalue weighted by molar-refractivity contribution is 6.03. The number of nitrogens with one attached hydrogen (secondary N) is 1. The number of methoxy groups -OCH3 is 2. The van der Waals surface area contributed by atoms with E-state index in [1.54, 1.807) is 44.6 Å². The van der Waals surface area contributed by atoms with Gasteiger partial charge >= 0.3 is 5.69 Å². The van der Waals surface area contributed by atoms with Crippen LogP contribution in [0.1, 0.15) is 33.3 Å². The van der Waals surface area contributed by atoms with Crippen LogP contribution in [0.2, 0.25) is 0 Å². The molecule has 1 saturated heterocycles. The lowest BCUT2D eigenvalue weighted by atomic mass is 9.79. The van der Waals surface area contributed by atoms with Crippen molar-refractivity contribution in [2.75, 3.05) is 26.1 Å². The first kappa shape index (κ1) is 30.7. The van der Waals surface area contributed by atoms with Crippen molar-refractivity contribution in [2.24, 2.45) is 0 Å². The summed E-state index contributed by atoms with van der Waals surface area (Å²) in [5.74, 6) is 1.04. The fourth-order valence-corrected chi connectivity index (χ4v) is 5.63. The third-order valence-electron chi connectivity index (χ3n) is 7.99. The number of nitrogens with zero attached hydrogens (tertiary/aromatic N) is 2. The molecule has 1 aliphatic heterocycles. The highest BCUT2D eigenvalue weighted by Gasteiger charge is 2.46. The van der Waals surface area contributed by atoms with Crippen LogP contribution in [0.15, 0.2) is 126 Å². The number of aromatic nitrogens is 2. The molecule has 5 aromatic rings. The summed E-state index contributed by atoms with van der Waals surface area (Å²) in [6.07, 6.45) is -1.75. The number of benzene rings is 4. The van der Waals surface area contributed by atoms with E-state index in [9.17, 15) is 14.7 Å². The zero-order valence-electron chi connectivity index (χ0n) is 25.3. The maximum absolute atomic E-state index is 13.1. The Hall–Kier alpha value is -5.29. The summed E-state index contributed by atoms with van der Waals surface area (Å²) in [5, 5.41) is 14.2. The average molecular weight is 620 g/mol. The number of hydrogen-bond donors (Lipinski definition) is 2. The van der Waals surface area contributed by atoms with Crippen molar-refractivity contribution >= 4 is 11.7 Å². The topological polar surface area (TPSA) is 121 Å². The standard InChI is InChI=1S/C36H33N3O7/c1-43-28-17-13-26(14-18-28)36(25-11-7-4-8-12-25,27-15-19-29(44-2)20-16-27)46-30-23-45-34(32(30)40)39-22-21-31(38-35(39)42)37-33(41)24-9-5-3-6-10-24/h3-22,30,32,34,40H,23H2,1-2H3,(H,37,38,41,42)/t30-,32+,34+/m0/s1. The Labute approximate surface area is 265 Å². The fraction of sp³-hybridized carbons (Fsp3) is 0.194. The molecule has 1 aliphatic rings. The van der Waals surface area contributed by atoms with E-state index >= 15 is 0 Å². The molecule has 1 fully saturated rings. The van der Waals surface area contributed by atoms with Crippen LogP contribution < -0.4 is 20.5 Å². The summed E-state index contributed by atoms with van der Waals surface area (Å²) < 4.78 is 25.0. The monoisotopic (exact) mass is 619 g/mol. The molecule has 0 radical (unpaired) electrons. The summed E-state index contributed by atoms with van der Waals surface area (Å²) in [6, 6.07) is 34.9.